The summed E-state index contributed by atoms with van der Waals surface area (Å²) in [6, 6.07) is 12.3. The van der Waals surface area contributed by atoms with Crippen LogP contribution in [0.15, 0.2) is 42.5 Å². The third-order valence-electron chi connectivity index (χ3n) is 3.74. The third kappa shape index (κ3) is 3.95. The summed E-state index contributed by atoms with van der Waals surface area (Å²) in [6.07, 6.45) is 0. The second kappa shape index (κ2) is 7.69. The smallest absolute Gasteiger partial charge is 0.340 e. The highest BCUT2D eigenvalue weighted by atomic mass is 16.5. The second-order valence-electron chi connectivity index (χ2n) is 5.54. The summed E-state index contributed by atoms with van der Waals surface area (Å²) in [5.74, 6) is -1.04. The average molecular weight is 367 g/mol. The van der Waals surface area contributed by atoms with E-state index in [1.807, 2.05) is 31.2 Å². The van der Waals surface area contributed by atoms with Crippen molar-refractivity contribution in [3.05, 3.63) is 53.6 Å². The van der Waals surface area contributed by atoms with E-state index in [1.165, 1.54) is 20.3 Å². The summed E-state index contributed by atoms with van der Waals surface area (Å²) in [5, 5.41) is 9.76. The fourth-order valence-corrected chi connectivity index (χ4v) is 2.46. The zero-order chi connectivity index (χ0) is 19.4. The van der Waals surface area contributed by atoms with E-state index in [-0.39, 0.29) is 29.3 Å². The van der Waals surface area contributed by atoms with E-state index in [0.717, 1.165) is 11.1 Å². The lowest BCUT2D eigenvalue weighted by molar-refractivity contribution is 0.0695. The maximum Gasteiger partial charge on any atom is 0.340 e. The zero-order valence-corrected chi connectivity index (χ0v) is 15.0. The molecular formula is C19H17N3O5. The van der Waals surface area contributed by atoms with Crippen molar-refractivity contribution >= 4 is 5.97 Å². The molecule has 0 fully saturated rings. The van der Waals surface area contributed by atoms with Crippen LogP contribution in [0.25, 0.3) is 11.1 Å². The molecule has 3 rings (SSSR count). The molecule has 0 saturated heterocycles. The Hall–Kier alpha value is -3.68. The Kier molecular flexibility index (Phi) is 5.16. The second-order valence-corrected chi connectivity index (χ2v) is 5.54. The van der Waals surface area contributed by atoms with Gasteiger partial charge in [-0.25, -0.2) is 4.79 Å². The minimum absolute atomic E-state index is 0.000279. The molecule has 0 unspecified atom stereocenters. The highest BCUT2D eigenvalue weighted by molar-refractivity contribution is 5.99. The Labute approximate surface area is 155 Å². The summed E-state index contributed by atoms with van der Waals surface area (Å²) in [5.41, 5.74) is 2.36. The number of aryl methyl sites for hydroxylation is 1. The van der Waals surface area contributed by atoms with Crippen LogP contribution in [-0.2, 0) is 0 Å². The Balaban J connectivity index is 2.07. The fourth-order valence-electron chi connectivity index (χ4n) is 2.46. The molecule has 8 nitrogen and oxygen atoms in total. The molecule has 0 radical (unpaired) electrons. The van der Waals surface area contributed by atoms with Gasteiger partial charge in [0.05, 0.1) is 14.2 Å². The van der Waals surface area contributed by atoms with Crippen molar-refractivity contribution in [2.24, 2.45) is 0 Å². The van der Waals surface area contributed by atoms with Gasteiger partial charge in [0, 0.05) is 0 Å². The molecule has 0 aliphatic heterocycles. The van der Waals surface area contributed by atoms with Gasteiger partial charge in [0.25, 0.3) is 0 Å². The number of hydrogen-bond acceptors (Lipinski definition) is 7. The van der Waals surface area contributed by atoms with Crippen LogP contribution in [0.2, 0.25) is 0 Å². The van der Waals surface area contributed by atoms with Crippen LogP contribution in [0, 0.1) is 6.92 Å². The normalized spacial score (nSPS) is 10.3. The lowest BCUT2D eigenvalue weighted by Crippen LogP contribution is -2.06. The van der Waals surface area contributed by atoms with Crippen molar-refractivity contribution < 1.29 is 24.1 Å². The van der Waals surface area contributed by atoms with Gasteiger partial charge in [-0.3, -0.25) is 0 Å². The molecule has 1 N–H and O–H groups in total. The third-order valence-corrected chi connectivity index (χ3v) is 3.74. The summed E-state index contributed by atoms with van der Waals surface area (Å²) in [6.45, 7) is 1.96. The van der Waals surface area contributed by atoms with E-state index >= 15 is 0 Å². The number of carboxylic acid groups (broad SMARTS) is 1. The maximum absolute atomic E-state index is 11.9. The molecule has 0 spiro atoms. The molecule has 0 bridgehead atoms. The summed E-state index contributed by atoms with van der Waals surface area (Å²) < 4.78 is 15.6. The average Bonchev–Trinajstić information content (AvgIpc) is 2.67. The maximum atomic E-state index is 11.9. The number of rotatable bonds is 6. The van der Waals surface area contributed by atoms with E-state index in [9.17, 15) is 9.90 Å². The SMILES string of the molecule is COc1nc(OC)nc(Oc2cccc(-c3ccc(C)cc3)c2C(=O)O)n1. The van der Waals surface area contributed by atoms with E-state index in [2.05, 4.69) is 15.0 Å². The van der Waals surface area contributed by atoms with Gasteiger partial charge in [0.15, 0.2) is 0 Å². The van der Waals surface area contributed by atoms with Crippen molar-refractivity contribution in [3.63, 3.8) is 0 Å². The van der Waals surface area contributed by atoms with Crippen molar-refractivity contribution in [2.45, 2.75) is 6.92 Å². The molecular weight excluding hydrogens is 350 g/mol. The molecule has 2 aromatic carbocycles. The zero-order valence-electron chi connectivity index (χ0n) is 15.0. The number of hydrogen-bond donors (Lipinski definition) is 1. The van der Waals surface area contributed by atoms with Crippen LogP contribution in [0.1, 0.15) is 15.9 Å². The van der Waals surface area contributed by atoms with Gasteiger partial charge in [0.1, 0.15) is 11.3 Å². The Morgan fingerprint density at radius 2 is 1.48 bits per heavy atom. The summed E-state index contributed by atoms with van der Waals surface area (Å²) in [4.78, 5) is 23.8. The number of aromatic nitrogens is 3. The van der Waals surface area contributed by atoms with E-state index in [1.54, 1.807) is 12.1 Å². The predicted octanol–water partition coefficient (Wildman–Crippen LogP) is 3.35. The van der Waals surface area contributed by atoms with Gasteiger partial charge in [-0.15, -0.1) is 15.0 Å². The number of carboxylic acids is 1. The Morgan fingerprint density at radius 3 is 2.04 bits per heavy atom. The molecule has 0 aliphatic carbocycles. The van der Waals surface area contributed by atoms with E-state index in [4.69, 9.17) is 14.2 Å². The molecule has 0 saturated carbocycles. The standard InChI is InChI=1S/C19H17N3O5/c1-11-7-9-12(10-8-11)13-5-4-6-14(15(13)16(23)24)27-19-21-17(25-2)20-18(22-19)26-3/h4-10H,1-3H3,(H,23,24). The molecule has 0 atom stereocenters. The van der Waals surface area contributed by atoms with Crippen LogP contribution in [0.3, 0.4) is 0 Å². The van der Waals surface area contributed by atoms with Crippen LogP contribution >= 0.6 is 0 Å². The number of carbonyl (C=O) groups is 1. The molecule has 1 heterocycles. The highest BCUT2D eigenvalue weighted by Crippen LogP contribution is 2.33. The van der Waals surface area contributed by atoms with Crippen LogP contribution in [-0.4, -0.2) is 40.2 Å². The Morgan fingerprint density at radius 1 is 0.889 bits per heavy atom. The summed E-state index contributed by atoms with van der Waals surface area (Å²) >= 11 is 0. The molecule has 138 valence electrons. The van der Waals surface area contributed by atoms with Gasteiger partial charge in [-0.1, -0.05) is 42.0 Å². The summed E-state index contributed by atoms with van der Waals surface area (Å²) in [7, 11) is 2.78. The first-order chi connectivity index (χ1) is 13.0. The van der Waals surface area contributed by atoms with Gasteiger partial charge < -0.3 is 19.3 Å². The van der Waals surface area contributed by atoms with Gasteiger partial charge >= 0.3 is 24.0 Å². The molecule has 27 heavy (non-hydrogen) atoms. The first-order valence-electron chi connectivity index (χ1n) is 7.97. The molecule has 8 heteroatoms. The monoisotopic (exact) mass is 367 g/mol. The van der Waals surface area contributed by atoms with Crippen molar-refractivity contribution in [1.29, 1.82) is 0 Å². The van der Waals surface area contributed by atoms with Gasteiger partial charge in [-0.05, 0) is 24.1 Å². The largest absolute Gasteiger partial charge is 0.478 e. The topological polar surface area (TPSA) is 104 Å². The van der Waals surface area contributed by atoms with E-state index in [0.29, 0.717) is 5.56 Å². The fraction of sp³-hybridized carbons (Fsp3) is 0.158. The quantitative estimate of drug-likeness (QED) is 0.707. The van der Waals surface area contributed by atoms with Gasteiger partial charge in [-0.2, -0.15) is 0 Å². The molecule has 0 amide bonds. The van der Waals surface area contributed by atoms with Crippen LogP contribution in [0.5, 0.6) is 23.8 Å². The lowest BCUT2D eigenvalue weighted by atomic mass is 9.98. The van der Waals surface area contributed by atoms with Gasteiger partial charge in [0.2, 0.25) is 0 Å². The van der Waals surface area contributed by atoms with Crippen LogP contribution < -0.4 is 14.2 Å². The number of aromatic carboxylic acids is 1. The molecule has 0 aliphatic rings. The molecule has 3 aromatic rings. The predicted molar refractivity (Wildman–Crippen MR) is 96.6 cm³/mol. The van der Waals surface area contributed by atoms with Crippen molar-refractivity contribution in [3.8, 4) is 34.9 Å². The molecule has 1 aromatic heterocycles. The minimum Gasteiger partial charge on any atom is -0.478 e. The van der Waals surface area contributed by atoms with Crippen LogP contribution in [0.4, 0.5) is 0 Å². The first-order valence-corrected chi connectivity index (χ1v) is 7.97. The number of ether oxygens (including phenoxy) is 3. The first kappa shape index (κ1) is 18.1. The number of nitrogens with zero attached hydrogens (tertiary/aromatic N) is 3. The number of methoxy groups -OCH3 is 2. The highest BCUT2D eigenvalue weighted by Gasteiger charge is 2.20. The Bertz CT molecular complexity index is 951. The minimum atomic E-state index is -1.13. The lowest BCUT2D eigenvalue weighted by Gasteiger charge is -2.12. The number of benzene rings is 2. The van der Waals surface area contributed by atoms with Crippen molar-refractivity contribution in [1.82, 2.24) is 15.0 Å². The van der Waals surface area contributed by atoms with E-state index < -0.39 is 5.97 Å². The van der Waals surface area contributed by atoms with Crippen molar-refractivity contribution in [2.75, 3.05) is 14.2 Å².